The van der Waals surface area contributed by atoms with E-state index < -0.39 is 28.5 Å². The second-order valence-corrected chi connectivity index (χ2v) is 34.5. The molecule has 0 aliphatic carbocycles. The van der Waals surface area contributed by atoms with E-state index in [0.29, 0.717) is 0 Å². The summed E-state index contributed by atoms with van der Waals surface area (Å²) in [6.07, 6.45) is 117. The zero-order valence-corrected chi connectivity index (χ0v) is 86.0. The number of imidazole rings is 8. The summed E-state index contributed by atoms with van der Waals surface area (Å²) in [6.45, 7) is 27.5. The molecule has 0 radical (unpaired) electrons. The predicted molar refractivity (Wildman–Crippen MR) is 517 cm³/mol. The average molecular weight is 1840 g/mol. The molecule has 8 heterocycles. The number of aryl methyl sites for hydroxylation is 16. The van der Waals surface area contributed by atoms with Crippen molar-refractivity contribution in [3.05, 3.63) is 150 Å². The Morgan fingerprint density at radius 2 is 0.258 bits per heavy atom. The van der Waals surface area contributed by atoms with Crippen LogP contribution in [0.3, 0.4) is 0 Å². The van der Waals surface area contributed by atoms with Crippen molar-refractivity contribution in [2.24, 2.45) is 56.4 Å². The van der Waals surface area contributed by atoms with Gasteiger partial charge >= 0.3 is 0 Å². The fourth-order valence-electron chi connectivity index (χ4n) is 13.7. The van der Waals surface area contributed by atoms with E-state index >= 15 is 0 Å². The highest BCUT2D eigenvalue weighted by molar-refractivity contribution is 6.47. The third-order valence-electron chi connectivity index (χ3n) is 21.2. The van der Waals surface area contributed by atoms with Crippen molar-refractivity contribution in [3.63, 3.8) is 0 Å². The van der Waals surface area contributed by atoms with Crippen LogP contribution in [0.15, 0.2) is 150 Å². The van der Waals surface area contributed by atoms with Crippen molar-refractivity contribution in [2.75, 3.05) is 0 Å². The number of unbranched alkanes of at least 4 members (excludes halogenated alkanes) is 40. The minimum Gasteiger partial charge on any atom is -0.881 e. The van der Waals surface area contributed by atoms with Gasteiger partial charge in [-0.05, 0) is 127 Å². The SMILES string of the molecule is CCCCCCCCn1cc[n+](C)c1.CCCCCCCCn1cc[n+](C)c1.CCCCCCCCn1cc[n+](C)c1.CCCCCCCCn1cc[n+](C)c1.CCCCCCCCn1cc[n+](C)c1.CCCCCCCCn1cc[n+](C)c1.CCCCCCCCn1cc[n+](C)c1.CCCCCCCCn1cc[n+](C)c1.N#CB([O-])[O-].N#CB([O-])[O-].N#CB([O-])[O-].N#CB([O-])[O-]. The zero-order chi connectivity index (χ0) is 98.9. The van der Waals surface area contributed by atoms with Crippen molar-refractivity contribution >= 4 is 28.5 Å². The molecule has 0 aliphatic heterocycles. The minimum atomic E-state index is -2.31. The van der Waals surface area contributed by atoms with Gasteiger partial charge in [0, 0.05) is 28.5 Å². The molecule has 0 bridgehead atoms. The Bertz CT molecular complexity index is 3180. The average Bonchev–Trinajstić information content (AvgIpc) is 1.86. The normalized spacial score (nSPS) is 9.97. The van der Waals surface area contributed by atoms with Crippen LogP contribution in [0.2, 0.25) is 0 Å². The second-order valence-electron chi connectivity index (χ2n) is 34.5. The third kappa shape index (κ3) is 96.2. The summed E-state index contributed by atoms with van der Waals surface area (Å²) in [6, 6.07) is 0. The first-order chi connectivity index (χ1) is 63.7. The van der Waals surface area contributed by atoms with Gasteiger partial charge in [0.05, 0.1) is 109 Å². The first-order valence-corrected chi connectivity index (χ1v) is 50.6. The Hall–Kier alpha value is -8.42. The molecule has 8 aromatic rings. The molecular weight excluding hydrogens is 1650 g/mol. The molecule has 0 unspecified atom stereocenters. The summed E-state index contributed by atoms with van der Waals surface area (Å²) in [5, 5.41) is 101. The van der Waals surface area contributed by atoms with Crippen molar-refractivity contribution in [1.82, 2.24) is 36.5 Å². The molecule has 0 N–H and O–H groups in total. The number of aromatic nitrogens is 16. The highest BCUT2D eigenvalue weighted by Crippen LogP contribution is 2.13. The van der Waals surface area contributed by atoms with E-state index in [9.17, 15) is 0 Å². The van der Waals surface area contributed by atoms with E-state index in [0.717, 1.165) is 23.9 Å². The first-order valence-electron chi connectivity index (χ1n) is 50.6. The van der Waals surface area contributed by atoms with Crippen molar-refractivity contribution < 1.29 is 76.7 Å². The molecule has 132 heavy (non-hydrogen) atoms. The first kappa shape index (κ1) is 130. The fourth-order valence-corrected chi connectivity index (χ4v) is 13.7. The topological polar surface area (TPSA) is 350 Å². The van der Waals surface area contributed by atoms with Gasteiger partial charge in [-0.2, -0.15) is 0 Å². The van der Waals surface area contributed by atoms with Crippen LogP contribution in [0.25, 0.3) is 0 Å². The van der Waals surface area contributed by atoms with E-state index in [4.69, 9.17) is 61.2 Å². The molecule has 0 saturated heterocycles. The Morgan fingerprint density at radius 3 is 0.326 bits per heavy atom. The number of hydrogen-bond acceptors (Lipinski definition) is 12. The quantitative estimate of drug-likeness (QED) is 0.0195. The van der Waals surface area contributed by atoms with Crippen LogP contribution in [0.5, 0.6) is 0 Å². The van der Waals surface area contributed by atoms with Gasteiger partial charge in [-0.25, -0.2) is 94.1 Å². The van der Waals surface area contributed by atoms with Crippen LogP contribution < -0.4 is 76.7 Å². The van der Waals surface area contributed by atoms with Gasteiger partial charge in [0.15, 0.2) is 0 Å². The number of rotatable bonds is 56. The number of hydrogen-bond donors (Lipinski definition) is 0. The molecule has 0 fully saturated rings. The van der Waals surface area contributed by atoms with Crippen LogP contribution >= 0.6 is 0 Å². The van der Waals surface area contributed by atoms with E-state index in [1.807, 2.05) is 0 Å². The molecule has 8 aromatic heterocycles. The minimum absolute atomic E-state index is 0.917. The second kappa shape index (κ2) is 98.6. The third-order valence-corrected chi connectivity index (χ3v) is 21.2. The summed E-state index contributed by atoms with van der Waals surface area (Å²) in [5.41, 5.74) is 0. The Morgan fingerprint density at radius 1 is 0.174 bits per heavy atom. The van der Waals surface area contributed by atoms with Gasteiger partial charge in [-0.3, -0.25) is 0 Å². The summed E-state index contributed by atoms with van der Waals surface area (Å²) in [7, 11) is 7.30. The van der Waals surface area contributed by atoms with Crippen molar-refractivity contribution in [1.29, 1.82) is 21.0 Å². The summed E-state index contributed by atoms with van der Waals surface area (Å²) < 4.78 is 34.9. The van der Waals surface area contributed by atoms with Gasteiger partial charge in [0.2, 0.25) is 50.6 Å². The van der Waals surface area contributed by atoms with Crippen molar-refractivity contribution in [2.45, 2.75) is 416 Å². The maximum absolute atomic E-state index is 8.98. The smallest absolute Gasteiger partial charge is 0.243 e. The van der Waals surface area contributed by atoms with E-state index in [1.54, 1.807) is 0 Å². The maximum atomic E-state index is 8.98. The molecular formula is C100H184B4N20O8. The van der Waals surface area contributed by atoms with E-state index in [-0.39, 0.29) is 0 Å². The van der Waals surface area contributed by atoms with Gasteiger partial charge in [0.1, 0.15) is 99.1 Å². The largest absolute Gasteiger partial charge is 0.881 e. The van der Waals surface area contributed by atoms with E-state index in [1.165, 1.54) is 361 Å². The maximum Gasteiger partial charge on any atom is 0.243 e. The lowest BCUT2D eigenvalue weighted by atomic mass is 9.97. The van der Waals surface area contributed by atoms with Crippen LogP contribution in [-0.4, -0.2) is 65.0 Å². The van der Waals surface area contributed by atoms with Gasteiger partial charge in [0.25, 0.3) is 0 Å². The standard InChI is InChI=1S/8C12H23N2.4CBNO2/c8*1-3-4-5-6-7-8-9-14-11-10-13(2)12-14;4*3-1-2(4)5/h8*10-12H,3-9H2,1-2H3;;;;/q8*+1;4*-2. The van der Waals surface area contributed by atoms with Crippen LogP contribution in [0.4, 0.5) is 0 Å². The molecule has 8 rings (SSSR count). The molecule has 32 heteroatoms. The van der Waals surface area contributed by atoms with Crippen molar-refractivity contribution in [3.8, 4) is 23.9 Å². The summed E-state index contributed by atoms with van der Waals surface area (Å²) in [5.74, 6) is 3.67. The van der Waals surface area contributed by atoms with Gasteiger partial charge in [-0.15, -0.1) is 0 Å². The lowest BCUT2D eigenvalue weighted by Gasteiger charge is -2.12. The zero-order valence-electron chi connectivity index (χ0n) is 86.0. The Balaban J connectivity index is -0.000000688. The number of nitrogens with zero attached hydrogens (tertiary/aromatic N) is 20. The number of nitriles is 4. The van der Waals surface area contributed by atoms with Gasteiger partial charge in [-0.1, -0.05) is 261 Å². The monoisotopic (exact) mass is 1840 g/mol. The fraction of sp³-hybridized carbons (Fsp3) is 0.720. The summed E-state index contributed by atoms with van der Waals surface area (Å²) in [4.78, 5) is 0. The lowest BCUT2D eigenvalue weighted by Crippen LogP contribution is -2.43. The van der Waals surface area contributed by atoms with Crippen LogP contribution in [0, 0.1) is 44.9 Å². The molecule has 28 nitrogen and oxygen atoms in total. The van der Waals surface area contributed by atoms with Gasteiger partial charge < -0.3 is 40.2 Å². The molecule has 0 aliphatic rings. The van der Waals surface area contributed by atoms with Crippen LogP contribution in [0.1, 0.15) is 364 Å². The molecule has 0 spiro atoms. The molecule has 0 aromatic carbocycles. The molecule has 0 amide bonds. The molecule has 0 saturated carbocycles. The van der Waals surface area contributed by atoms with E-state index in [2.05, 4.69) is 335 Å². The molecule has 0 atom stereocenters. The highest BCUT2D eigenvalue weighted by atomic mass is 16.4. The lowest BCUT2D eigenvalue weighted by molar-refractivity contribution is -0.671. The summed E-state index contributed by atoms with van der Waals surface area (Å²) >= 11 is 0. The Kier molecular flexibility index (Phi) is 97.0. The Labute approximate surface area is 804 Å². The highest BCUT2D eigenvalue weighted by Gasteiger charge is 2.07. The molecule has 744 valence electrons. The van der Waals surface area contributed by atoms with Crippen LogP contribution in [-0.2, 0) is 109 Å². The predicted octanol–water partition coefficient (Wildman–Crippen LogP) is 10.4.